The number of amides is 2. The molecule has 2 amide bonds. The summed E-state index contributed by atoms with van der Waals surface area (Å²) in [4.78, 5) is 22.9. The molecule has 7 nitrogen and oxygen atoms in total. The topological polar surface area (TPSA) is 79.4 Å². The summed E-state index contributed by atoms with van der Waals surface area (Å²) in [7, 11) is 1.63. The molecule has 1 aromatic carbocycles. The maximum absolute atomic E-state index is 12.2. The third-order valence-electron chi connectivity index (χ3n) is 4.22. The minimum atomic E-state index is -0.174. The van der Waals surface area contributed by atoms with E-state index in [1.807, 2.05) is 24.3 Å². The number of methoxy groups -OCH3 is 1. The molecule has 0 aliphatic carbocycles. The number of ether oxygens (including phenoxy) is 1. The van der Waals surface area contributed by atoms with Crippen molar-refractivity contribution < 1.29 is 9.53 Å². The Kier molecular flexibility index (Phi) is 5.66. The zero-order valence-electron chi connectivity index (χ0n) is 14.3. The summed E-state index contributed by atoms with van der Waals surface area (Å²) in [5, 5.41) is 5.93. The molecule has 2 N–H and O–H groups in total. The zero-order chi connectivity index (χ0) is 17.5. The molecule has 0 saturated carbocycles. The molecule has 1 aromatic heterocycles. The van der Waals surface area contributed by atoms with E-state index in [9.17, 15) is 4.79 Å². The van der Waals surface area contributed by atoms with Gasteiger partial charge < -0.3 is 20.3 Å². The predicted molar refractivity (Wildman–Crippen MR) is 95.6 cm³/mol. The van der Waals surface area contributed by atoms with Gasteiger partial charge in [0, 0.05) is 43.6 Å². The average Bonchev–Trinajstić information content (AvgIpc) is 2.67. The van der Waals surface area contributed by atoms with E-state index in [2.05, 4.69) is 25.5 Å². The smallest absolute Gasteiger partial charge is 0.315 e. The molecule has 0 spiro atoms. The van der Waals surface area contributed by atoms with Crippen molar-refractivity contribution in [1.82, 2.24) is 20.6 Å². The van der Waals surface area contributed by atoms with E-state index in [0.717, 1.165) is 30.7 Å². The highest BCUT2D eigenvalue weighted by atomic mass is 16.5. The van der Waals surface area contributed by atoms with Gasteiger partial charge in [-0.1, -0.05) is 18.2 Å². The van der Waals surface area contributed by atoms with Gasteiger partial charge in [-0.2, -0.15) is 0 Å². The van der Waals surface area contributed by atoms with Gasteiger partial charge in [-0.25, -0.2) is 14.8 Å². The van der Waals surface area contributed by atoms with E-state index >= 15 is 0 Å². The Hall–Kier alpha value is -2.83. The van der Waals surface area contributed by atoms with Crippen molar-refractivity contribution in [1.29, 1.82) is 0 Å². The molecule has 132 valence electrons. The number of para-hydroxylation sites is 1. The van der Waals surface area contributed by atoms with Crippen LogP contribution in [-0.4, -0.2) is 42.2 Å². The number of piperidine rings is 1. The number of aromatic nitrogens is 2. The van der Waals surface area contributed by atoms with Crippen molar-refractivity contribution in [3.05, 3.63) is 48.3 Å². The summed E-state index contributed by atoms with van der Waals surface area (Å²) in [6, 6.07) is 9.36. The van der Waals surface area contributed by atoms with Gasteiger partial charge in [0.25, 0.3) is 0 Å². The highest BCUT2D eigenvalue weighted by Gasteiger charge is 2.22. The van der Waals surface area contributed by atoms with E-state index in [1.165, 1.54) is 0 Å². The van der Waals surface area contributed by atoms with Crippen LogP contribution in [0, 0.1) is 0 Å². The number of anilines is 1. The summed E-state index contributed by atoms with van der Waals surface area (Å²) in [5.74, 6) is 1.48. The Labute approximate surface area is 147 Å². The monoisotopic (exact) mass is 341 g/mol. The van der Waals surface area contributed by atoms with Crippen LogP contribution in [0.25, 0.3) is 0 Å². The van der Waals surface area contributed by atoms with Gasteiger partial charge in [-0.3, -0.25) is 0 Å². The van der Waals surface area contributed by atoms with Crippen LogP contribution in [-0.2, 0) is 6.54 Å². The van der Waals surface area contributed by atoms with Gasteiger partial charge >= 0.3 is 6.03 Å². The molecule has 0 unspecified atom stereocenters. The Morgan fingerprint density at radius 2 is 2.08 bits per heavy atom. The summed E-state index contributed by atoms with van der Waals surface area (Å²) in [6.45, 7) is 2.05. The lowest BCUT2D eigenvalue weighted by Crippen LogP contribution is -2.50. The highest BCUT2D eigenvalue weighted by Crippen LogP contribution is 2.17. The molecule has 1 atom stereocenters. The van der Waals surface area contributed by atoms with E-state index in [0.29, 0.717) is 19.0 Å². The molecule has 1 aliphatic heterocycles. The van der Waals surface area contributed by atoms with Crippen molar-refractivity contribution in [2.24, 2.45) is 0 Å². The van der Waals surface area contributed by atoms with Gasteiger partial charge in [-0.15, -0.1) is 0 Å². The molecular weight excluding hydrogens is 318 g/mol. The zero-order valence-corrected chi connectivity index (χ0v) is 14.3. The van der Waals surface area contributed by atoms with E-state index in [-0.39, 0.29) is 12.1 Å². The first-order chi connectivity index (χ1) is 12.3. The molecule has 25 heavy (non-hydrogen) atoms. The number of nitrogens with one attached hydrogen (secondary N) is 2. The average molecular weight is 341 g/mol. The molecule has 1 aliphatic rings. The lowest BCUT2D eigenvalue weighted by atomic mass is 10.1. The van der Waals surface area contributed by atoms with Crippen molar-refractivity contribution in [3.8, 4) is 5.75 Å². The molecule has 2 heterocycles. The van der Waals surface area contributed by atoms with Crippen LogP contribution in [0.2, 0.25) is 0 Å². The lowest BCUT2D eigenvalue weighted by Gasteiger charge is -2.33. The molecular formula is C18H23N5O2. The van der Waals surface area contributed by atoms with Crippen molar-refractivity contribution >= 4 is 12.0 Å². The lowest BCUT2D eigenvalue weighted by molar-refractivity contribution is 0.234. The summed E-state index contributed by atoms with van der Waals surface area (Å²) >= 11 is 0. The fourth-order valence-electron chi connectivity index (χ4n) is 2.99. The number of carbonyl (C=O) groups excluding carboxylic acids is 1. The second kappa shape index (κ2) is 8.32. The maximum atomic E-state index is 12.2. The molecule has 2 aromatic rings. The number of carbonyl (C=O) groups is 1. The Balaban J connectivity index is 1.51. The normalized spacial score (nSPS) is 17.0. The molecule has 1 saturated heterocycles. The van der Waals surface area contributed by atoms with E-state index in [4.69, 9.17) is 4.74 Å². The second-order valence-corrected chi connectivity index (χ2v) is 5.97. The van der Waals surface area contributed by atoms with Crippen molar-refractivity contribution in [3.63, 3.8) is 0 Å². The first-order valence-electron chi connectivity index (χ1n) is 8.44. The molecule has 3 rings (SSSR count). The first kappa shape index (κ1) is 17.0. The highest BCUT2D eigenvalue weighted by molar-refractivity contribution is 5.74. The Morgan fingerprint density at radius 3 is 2.88 bits per heavy atom. The van der Waals surface area contributed by atoms with Crippen LogP contribution in [0.3, 0.4) is 0 Å². The quantitative estimate of drug-likeness (QED) is 0.869. The number of hydrogen-bond acceptors (Lipinski definition) is 5. The minimum Gasteiger partial charge on any atom is -0.496 e. The van der Waals surface area contributed by atoms with Crippen LogP contribution < -0.4 is 20.3 Å². The number of benzene rings is 1. The summed E-state index contributed by atoms with van der Waals surface area (Å²) in [5.41, 5.74) is 0.947. The number of rotatable bonds is 5. The van der Waals surface area contributed by atoms with Crippen LogP contribution in [0.1, 0.15) is 18.4 Å². The number of nitrogens with zero attached hydrogens (tertiary/aromatic N) is 3. The van der Waals surface area contributed by atoms with Crippen molar-refractivity contribution in [2.45, 2.75) is 25.4 Å². The molecule has 7 heteroatoms. The van der Waals surface area contributed by atoms with Crippen LogP contribution >= 0.6 is 0 Å². The standard InChI is InChI=1S/C18H23N5O2/c1-25-16-8-3-2-6-14(16)12-21-18(24)22-15-7-4-11-23(13-15)17-19-9-5-10-20-17/h2-3,5-6,8-10,15H,4,7,11-13H2,1H3,(H2,21,22,24)/t15-/m0/s1. The van der Waals surface area contributed by atoms with Crippen LogP contribution in [0.4, 0.5) is 10.7 Å². The molecule has 0 bridgehead atoms. The van der Waals surface area contributed by atoms with Crippen molar-refractivity contribution in [2.75, 3.05) is 25.1 Å². The SMILES string of the molecule is COc1ccccc1CNC(=O)N[C@H]1CCCN(c2ncccn2)C1. The number of hydrogen-bond donors (Lipinski definition) is 2. The van der Waals surface area contributed by atoms with Gasteiger partial charge in [0.05, 0.1) is 7.11 Å². The largest absolute Gasteiger partial charge is 0.496 e. The predicted octanol–water partition coefficient (Wildman–Crippen LogP) is 1.95. The first-order valence-corrected chi connectivity index (χ1v) is 8.44. The summed E-state index contributed by atoms with van der Waals surface area (Å²) < 4.78 is 5.30. The van der Waals surface area contributed by atoms with Gasteiger partial charge in [-0.05, 0) is 25.0 Å². The minimum absolute atomic E-state index is 0.0789. The molecule has 1 fully saturated rings. The molecule has 0 radical (unpaired) electrons. The van der Waals surface area contributed by atoms with Crippen LogP contribution in [0.15, 0.2) is 42.7 Å². The number of urea groups is 1. The van der Waals surface area contributed by atoms with Gasteiger partial charge in [0.15, 0.2) is 0 Å². The van der Waals surface area contributed by atoms with E-state index in [1.54, 1.807) is 25.6 Å². The fourth-order valence-corrected chi connectivity index (χ4v) is 2.99. The van der Waals surface area contributed by atoms with Gasteiger partial charge in [0.2, 0.25) is 5.95 Å². The van der Waals surface area contributed by atoms with E-state index < -0.39 is 0 Å². The van der Waals surface area contributed by atoms with Crippen LogP contribution in [0.5, 0.6) is 5.75 Å². The third-order valence-corrected chi connectivity index (χ3v) is 4.22. The maximum Gasteiger partial charge on any atom is 0.315 e. The fraction of sp³-hybridized carbons (Fsp3) is 0.389. The second-order valence-electron chi connectivity index (χ2n) is 5.97. The Morgan fingerprint density at radius 1 is 1.28 bits per heavy atom. The van der Waals surface area contributed by atoms with Gasteiger partial charge in [0.1, 0.15) is 5.75 Å². The third kappa shape index (κ3) is 4.59. The summed E-state index contributed by atoms with van der Waals surface area (Å²) in [6.07, 6.45) is 5.42. The Bertz CT molecular complexity index is 695.